The first-order chi connectivity index (χ1) is 20.3. The molecule has 3 rings (SSSR count). The van der Waals surface area contributed by atoms with E-state index in [4.69, 9.17) is 19.3 Å². The number of ether oxygens (including phenoxy) is 3. The topological polar surface area (TPSA) is 170 Å². The number of nitrogens with zero attached hydrogens (tertiary/aromatic N) is 4. The summed E-state index contributed by atoms with van der Waals surface area (Å²) < 4.78 is 30.6. The molecule has 0 saturated carbocycles. The van der Waals surface area contributed by atoms with Gasteiger partial charge in [0.1, 0.15) is 17.5 Å². The summed E-state index contributed by atoms with van der Waals surface area (Å²) in [5.74, 6) is -3.89. The molecule has 234 valence electrons. The molecular formula is C28H36FN5O9. The van der Waals surface area contributed by atoms with E-state index in [0.717, 1.165) is 16.8 Å². The Bertz CT molecular complexity index is 1330. The summed E-state index contributed by atoms with van der Waals surface area (Å²) in [7, 11) is 0. The maximum atomic E-state index is 13.9. The molecule has 1 aliphatic heterocycles. The third-order valence-electron chi connectivity index (χ3n) is 6.08. The smallest absolute Gasteiger partial charge is 0.409 e. The van der Waals surface area contributed by atoms with Crippen LogP contribution in [0.2, 0.25) is 0 Å². The van der Waals surface area contributed by atoms with Crippen LogP contribution in [0.4, 0.5) is 9.18 Å². The number of rotatable bonds is 11. The molecule has 1 aromatic carbocycles. The maximum Gasteiger partial charge on any atom is 0.409 e. The van der Waals surface area contributed by atoms with Gasteiger partial charge in [-0.05, 0) is 52.3 Å². The number of aliphatic carboxylic acids is 1. The average molecular weight is 606 g/mol. The van der Waals surface area contributed by atoms with Crippen LogP contribution >= 0.6 is 0 Å². The number of carbonyl (C=O) groups excluding carboxylic acids is 4. The number of benzene rings is 1. The van der Waals surface area contributed by atoms with Gasteiger partial charge < -0.3 is 34.4 Å². The Morgan fingerprint density at radius 2 is 1.74 bits per heavy atom. The summed E-state index contributed by atoms with van der Waals surface area (Å²) in [5, 5.41) is 15.8. The van der Waals surface area contributed by atoms with Crippen molar-refractivity contribution >= 4 is 29.8 Å². The molecule has 0 aliphatic carbocycles. The molecule has 3 amide bonds. The molecule has 43 heavy (non-hydrogen) atoms. The molecule has 0 radical (unpaired) electrons. The van der Waals surface area contributed by atoms with Gasteiger partial charge in [-0.2, -0.15) is 5.10 Å². The van der Waals surface area contributed by atoms with E-state index in [9.17, 15) is 28.4 Å². The van der Waals surface area contributed by atoms with Crippen molar-refractivity contribution in [1.82, 2.24) is 24.9 Å². The molecule has 2 heterocycles. The van der Waals surface area contributed by atoms with E-state index in [1.165, 1.54) is 28.0 Å². The summed E-state index contributed by atoms with van der Waals surface area (Å²) in [6.45, 7) is 7.07. The van der Waals surface area contributed by atoms with Gasteiger partial charge in [-0.3, -0.25) is 14.4 Å². The predicted octanol–water partition coefficient (Wildman–Crippen LogP) is 2.00. The van der Waals surface area contributed by atoms with Crippen molar-refractivity contribution in [3.63, 3.8) is 0 Å². The molecule has 0 bridgehead atoms. The molecule has 15 heteroatoms. The highest BCUT2D eigenvalue weighted by atomic mass is 19.1. The first-order valence-electron chi connectivity index (χ1n) is 13.7. The normalized spacial score (nSPS) is 14.1. The van der Waals surface area contributed by atoms with Gasteiger partial charge >= 0.3 is 18.0 Å². The summed E-state index contributed by atoms with van der Waals surface area (Å²) in [5.41, 5.74) is -0.831. The maximum absolute atomic E-state index is 13.9. The Balaban J connectivity index is 1.82. The standard InChI is InChI=1S/C28H36FN5O9/c1-5-41-27(40)33-13-11-32(12-14-33)26(39)20(9-10-24(37)43-28(2,3)4)30-25(38)21-16-22(42-17-23(35)36)34(31-21)19-8-6-7-18(29)15-19/h6-8,15-16,20H,5,9-14,17H2,1-4H3,(H,30,38)(H,35,36). The van der Waals surface area contributed by atoms with E-state index in [0.29, 0.717) is 0 Å². The lowest BCUT2D eigenvalue weighted by Gasteiger charge is -2.36. The number of carbonyl (C=O) groups is 5. The molecule has 14 nitrogen and oxygen atoms in total. The van der Waals surface area contributed by atoms with Gasteiger partial charge in [-0.1, -0.05) is 6.07 Å². The fourth-order valence-corrected chi connectivity index (χ4v) is 4.20. The lowest BCUT2D eigenvalue weighted by atomic mass is 10.1. The highest BCUT2D eigenvalue weighted by molar-refractivity contribution is 5.96. The summed E-state index contributed by atoms with van der Waals surface area (Å²) in [4.78, 5) is 65.4. The summed E-state index contributed by atoms with van der Waals surface area (Å²) in [6.07, 6.45) is -0.759. The number of halogens is 1. The minimum atomic E-state index is -1.28. The quantitative estimate of drug-likeness (QED) is 0.361. The number of aromatic nitrogens is 2. The van der Waals surface area contributed by atoms with E-state index in [1.807, 2.05) is 0 Å². The van der Waals surface area contributed by atoms with Gasteiger partial charge in [0.05, 0.1) is 12.3 Å². The second-order valence-corrected chi connectivity index (χ2v) is 10.6. The van der Waals surface area contributed by atoms with Crippen LogP contribution in [0.3, 0.4) is 0 Å². The Morgan fingerprint density at radius 3 is 2.35 bits per heavy atom. The second-order valence-electron chi connectivity index (χ2n) is 10.6. The van der Waals surface area contributed by atoms with Gasteiger partial charge in [-0.25, -0.2) is 18.7 Å². The lowest BCUT2D eigenvalue weighted by Crippen LogP contribution is -2.56. The largest absolute Gasteiger partial charge is 0.479 e. The molecule has 1 saturated heterocycles. The zero-order valence-electron chi connectivity index (χ0n) is 24.5. The van der Waals surface area contributed by atoms with E-state index < -0.39 is 53.9 Å². The molecule has 1 fully saturated rings. The van der Waals surface area contributed by atoms with Crippen LogP contribution in [0.1, 0.15) is 51.0 Å². The molecule has 1 aliphatic rings. The lowest BCUT2D eigenvalue weighted by molar-refractivity contribution is -0.155. The highest BCUT2D eigenvalue weighted by Gasteiger charge is 2.32. The van der Waals surface area contributed by atoms with Crippen LogP contribution in [0.15, 0.2) is 30.3 Å². The average Bonchev–Trinajstić information content (AvgIpc) is 3.37. The van der Waals surface area contributed by atoms with Crippen molar-refractivity contribution in [3.05, 3.63) is 41.8 Å². The number of nitrogens with one attached hydrogen (secondary N) is 1. The highest BCUT2D eigenvalue weighted by Crippen LogP contribution is 2.21. The minimum Gasteiger partial charge on any atom is -0.479 e. The minimum absolute atomic E-state index is 0.0927. The number of carboxylic acids is 1. The van der Waals surface area contributed by atoms with Crippen molar-refractivity contribution in [2.75, 3.05) is 39.4 Å². The second kappa shape index (κ2) is 14.5. The number of hydrogen-bond donors (Lipinski definition) is 2. The Hall–Kier alpha value is -4.69. The zero-order valence-corrected chi connectivity index (χ0v) is 24.5. The van der Waals surface area contributed by atoms with Crippen molar-refractivity contribution < 1.29 is 47.7 Å². The van der Waals surface area contributed by atoms with Crippen LogP contribution in [0, 0.1) is 5.82 Å². The molecule has 1 atom stereocenters. The van der Waals surface area contributed by atoms with Crippen molar-refractivity contribution in [1.29, 1.82) is 0 Å². The predicted molar refractivity (Wildman–Crippen MR) is 148 cm³/mol. The first-order valence-corrected chi connectivity index (χ1v) is 13.7. The van der Waals surface area contributed by atoms with Crippen LogP contribution in [0.5, 0.6) is 5.88 Å². The van der Waals surface area contributed by atoms with E-state index in [2.05, 4.69) is 10.4 Å². The van der Waals surface area contributed by atoms with Crippen molar-refractivity contribution in [2.24, 2.45) is 0 Å². The SMILES string of the molecule is CCOC(=O)N1CCN(C(=O)C(CCC(=O)OC(C)(C)C)NC(=O)c2cc(OCC(=O)O)n(-c3cccc(F)c3)n2)CC1. The van der Waals surface area contributed by atoms with Crippen molar-refractivity contribution in [2.45, 2.75) is 52.2 Å². The number of piperazine rings is 1. The molecule has 2 N–H and O–H groups in total. The van der Waals surface area contributed by atoms with Crippen LogP contribution < -0.4 is 10.1 Å². The number of carboxylic acid groups (broad SMARTS) is 1. The van der Waals surface area contributed by atoms with Gasteiger partial charge in [-0.15, -0.1) is 0 Å². The van der Waals surface area contributed by atoms with Crippen molar-refractivity contribution in [3.8, 4) is 11.6 Å². The van der Waals surface area contributed by atoms with E-state index in [1.54, 1.807) is 27.7 Å². The number of esters is 1. The molecule has 1 aromatic heterocycles. The third-order valence-corrected chi connectivity index (χ3v) is 6.08. The van der Waals surface area contributed by atoms with Crippen LogP contribution in [0.25, 0.3) is 5.69 Å². The number of amides is 3. The Kier molecular flexibility index (Phi) is 11.0. The van der Waals surface area contributed by atoms with E-state index in [-0.39, 0.29) is 62.9 Å². The third kappa shape index (κ3) is 9.68. The zero-order chi connectivity index (χ0) is 31.7. The Morgan fingerprint density at radius 1 is 1.07 bits per heavy atom. The molecule has 2 aromatic rings. The van der Waals surface area contributed by atoms with Gasteiger partial charge in [0.25, 0.3) is 5.91 Å². The van der Waals surface area contributed by atoms with Gasteiger partial charge in [0.2, 0.25) is 11.8 Å². The molecule has 0 spiro atoms. The fourth-order valence-electron chi connectivity index (χ4n) is 4.20. The molecular weight excluding hydrogens is 569 g/mol. The van der Waals surface area contributed by atoms with Gasteiger partial charge in [0, 0.05) is 38.7 Å². The monoisotopic (exact) mass is 605 g/mol. The van der Waals surface area contributed by atoms with E-state index >= 15 is 0 Å². The van der Waals surface area contributed by atoms with Crippen LogP contribution in [-0.4, -0.2) is 106 Å². The summed E-state index contributed by atoms with van der Waals surface area (Å²) in [6, 6.07) is 5.19. The number of hydrogen-bond acceptors (Lipinski definition) is 9. The fraction of sp³-hybridized carbons (Fsp3) is 0.500. The van der Waals surface area contributed by atoms with Gasteiger partial charge in [0.15, 0.2) is 12.3 Å². The molecule has 1 unspecified atom stereocenters. The first kappa shape index (κ1) is 32.8. The van der Waals surface area contributed by atoms with Crippen LogP contribution in [-0.2, 0) is 23.9 Å². The summed E-state index contributed by atoms with van der Waals surface area (Å²) >= 11 is 0. The Labute approximate surface area is 247 Å².